The second-order valence-corrected chi connectivity index (χ2v) is 5.51. The van der Waals surface area contributed by atoms with E-state index in [-0.39, 0.29) is 6.61 Å². The van der Waals surface area contributed by atoms with Gasteiger partial charge in [-0.2, -0.15) is 0 Å². The summed E-state index contributed by atoms with van der Waals surface area (Å²) in [6.45, 7) is 6.10. The highest BCUT2D eigenvalue weighted by atomic mass is 16.5. The summed E-state index contributed by atoms with van der Waals surface area (Å²) in [7, 11) is 0. The standard InChI is InChI=1S/C19H26N2O2/c1-16-4-2-3-5-18(16)15-23-19-8-6-17(7-9-19)14-21-11-10-20-12-13-22/h2-9,20-22H,10-15H2,1H3. The van der Waals surface area contributed by atoms with Crippen LogP contribution in [0.5, 0.6) is 5.75 Å². The van der Waals surface area contributed by atoms with Crippen molar-refractivity contribution in [1.82, 2.24) is 10.6 Å². The molecule has 2 aromatic rings. The molecule has 0 aromatic heterocycles. The van der Waals surface area contributed by atoms with E-state index in [0.29, 0.717) is 13.2 Å². The van der Waals surface area contributed by atoms with Gasteiger partial charge in [0.1, 0.15) is 12.4 Å². The van der Waals surface area contributed by atoms with Gasteiger partial charge in [0, 0.05) is 26.2 Å². The van der Waals surface area contributed by atoms with Crippen LogP contribution in [0.3, 0.4) is 0 Å². The van der Waals surface area contributed by atoms with Crippen LogP contribution in [-0.4, -0.2) is 31.3 Å². The normalized spacial score (nSPS) is 10.7. The van der Waals surface area contributed by atoms with Crippen molar-refractivity contribution in [1.29, 1.82) is 0 Å². The summed E-state index contributed by atoms with van der Waals surface area (Å²) in [5.41, 5.74) is 3.70. The molecule has 0 aliphatic carbocycles. The SMILES string of the molecule is Cc1ccccc1COc1ccc(CNCCNCCO)cc1. The molecule has 0 saturated carbocycles. The lowest BCUT2D eigenvalue weighted by Crippen LogP contribution is -2.28. The average molecular weight is 314 g/mol. The fraction of sp³-hybridized carbons (Fsp3) is 0.368. The van der Waals surface area contributed by atoms with Gasteiger partial charge in [0.05, 0.1) is 6.61 Å². The van der Waals surface area contributed by atoms with Crippen LogP contribution in [0.2, 0.25) is 0 Å². The third-order valence-corrected chi connectivity index (χ3v) is 3.68. The number of rotatable bonds is 10. The lowest BCUT2D eigenvalue weighted by atomic mass is 10.1. The molecule has 0 heterocycles. The van der Waals surface area contributed by atoms with Crippen molar-refractivity contribution in [3.05, 3.63) is 65.2 Å². The van der Waals surface area contributed by atoms with E-state index in [9.17, 15) is 0 Å². The number of aliphatic hydroxyl groups excluding tert-OH is 1. The van der Waals surface area contributed by atoms with Crippen LogP contribution in [0.1, 0.15) is 16.7 Å². The van der Waals surface area contributed by atoms with E-state index in [0.717, 1.165) is 25.4 Å². The molecule has 0 fully saturated rings. The van der Waals surface area contributed by atoms with Crippen LogP contribution >= 0.6 is 0 Å². The maximum absolute atomic E-state index is 8.66. The first-order valence-electron chi connectivity index (χ1n) is 8.08. The Morgan fingerprint density at radius 1 is 0.913 bits per heavy atom. The topological polar surface area (TPSA) is 53.5 Å². The lowest BCUT2D eigenvalue weighted by molar-refractivity contribution is 0.292. The van der Waals surface area contributed by atoms with Crippen molar-refractivity contribution in [2.45, 2.75) is 20.1 Å². The summed E-state index contributed by atoms with van der Waals surface area (Å²) in [4.78, 5) is 0. The molecule has 0 spiro atoms. The van der Waals surface area contributed by atoms with Crippen LogP contribution in [-0.2, 0) is 13.2 Å². The zero-order chi connectivity index (χ0) is 16.3. The predicted molar refractivity (Wildman–Crippen MR) is 93.6 cm³/mol. The van der Waals surface area contributed by atoms with Crippen LogP contribution in [0.15, 0.2) is 48.5 Å². The first kappa shape index (κ1) is 17.5. The molecule has 0 unspecified atom stereocenters. The van der Waals surface area contributed by atoms with Gasteiger partial charge in [-0.05, 0) is 35.7 Å². The molecule has 0 bridgehead atoms. The first-order chi connectivity index (χ1) is 11.3. The van der Waals surface area contributed by atoms with Gasteiger partial charge in [-0.1, -0.05) is 36.4 Å². The van der Waals surface area contributed by atoms with E-state index < -0.39 is 0 Å². The number of aryl methyl sites for hydroxylation is 1. The minimum atomic E-state index is 0.184. The number of ether oxygens (including phenoxy) is 1. The smallest absolute Gasteiger partial charge is 0.119 e. The summed E-state index contributed by atoms with van der Waals surface area (Å²) < 4.78 is 5.84. The molecule has 23 heavy (non-hydrogen) atoms. The van der Waals surface area contributed by atoms with Gasteiger partial charge < -0.3 is 20.5 Å². The van der Waals surface area contributed by atoms with Gasteiger partial charge in [-0.25, -0.2) is 0 Å². The van der Waals surface area contributed by atoms with Crippen molar-refractivity contribution in [2.24, 2.45) is 0 Å². The fourth-order valence-electron chi connectivity index (χ4n) is 2.25. The largest absolute Gasteiger partial charge is 0.489 e. The van der Waals surface area contributed by atoms with Gasteiger partial charge in [-0.3, -0.25) is 0 Å². The molecule has 0 radical (unpaired) electrons. The molecule has 2 aromatic carbocycles. The zero-order valence-electron chi connectivity index (χ0n) is 13.7. The van der Waals surface area contributed by atoms with Crippen LogP contribution in [0, 0.1) is 6.92 Å². The summed E-state index contributed by atoms with van der Waals surface area (Å²) in [5.74, 6) is 0.890. The Morgan fingerprint density at radius 2 is 1.65 bits per heavy atom. The highest BCUT2D eigenvalue weighted by molar-refractivity contribution is 5.29. The Hall–Kier alpha value is -1.88. The molecule has 4 heteroatoms. The number of aliphatic hydroxyl groups is 1. The van der Waals surface area contributed by atoms with Crippen molar-refractivity contribution in [2.75, 3.05) is 26.2 Å². The van der Waals surface area contributed by atoms with Crippen molar-refractivity contribution >= 4 is 0 Å². The second-order valence-electron chi connectivity index (χ2n) is 5.51. The highest BCUT2D eigenvalue weighted by Crippen LogP contribution is 2.15. The molecule has 124 valence electrons. The van der Waals surface area contributed by atoms with Crippen LogP contribution in [0.25, 0.3) is 0 Å². The van der Waals surface area contributed by atoms with Gasteiger partial charge >= 0.3 is 0 Å². The zero-order valence-corrected chi connectivity index (χ0v) is 13.7. The summed E-state index contributed by atoms with van der Waals surface area (Å²) in [6, 6.07) is 16.5. The Balaban J connectivity index is 1.71. The molecule has 0 aliphatic rings. The molecule has 0 aliphatic heterocycles. The van der Waals surface area contributed by atoms with Crippen molar-refractivity contribution < 1.29 is 9.84 Å². The first-order valence-corrected chi connectivity index (χ1v) is 8.08. The van der Waals surface area contributed by atoms with E-state index in [1.165, 1.54) is 16.7 Å². The molecule has 0 amide bonds. The maximum Gasteiger partial charge on any atom is 0.119 e. The fourth-order valence-corrected chi connectivity index (χ4v) is 2.25. The van der Waals surface area contributed by atoms with Crippen LogP contribution in [0.4, 0.5) is 0 Å². The lowest BCUT2D eigenvalue weighted by Gasteiger charge is -2.10. The van der Waals surface area contributed by atoms with E-state index >= 15 is 0 Å². The highest BCUT2D eigenvalue weighted by Gasteiger charge is 1.99. The summed E-state index contributed by atoms with van der Waals surface area (Å²) in [6.07, 6.45) is 0. The average Bonchev–Trinajstić information content (AvgIpc) is 2.58. The monoisotopic (exact) mass is 314 g/mol. The number of nitrogens with one attached hydrogen (secondary N) is 2. The Morgan fingerprint density at radius 3 is 2.39 bits per heavy atom. The minimum absolute atomic E-state index is 0.184. The summed E-state index contributed by atoms with van der Waals surface area (Å²) in [5, 5.41) is 15.2. The Kier molecular flexibility index (Phi) is 7.60. The molecule has 0 saturated heterocycles. The number of benzene rings is 2. The van der Waals surface area contributed by atoms with Gasteiger partial charge in [0.2, 0.25) is 0 Å². The third-order valence-electron chi connectivity index (χ3n) is 3.68. The van der Waals surface area contributed by atoms with E-state index in [1.54, 1.807) is 0 Å². The number of hydrogen-bond donors (Lipinski definition) is 3. The molecule has 2 rings (SSSR count). The second kappa shape index (κ2) is 10.0. The van der Waals surface area contributed by atoms with E-state index in [2.05, 4.69) is 41.8 Å². The molecule has 4 nitrogen and oxygen atoms in total. The van der Waals surface area contributed by atoms with E-state index in [1.807, 2.05) is 24.3 Å². The van der Waals surface area contributed by atoms with Crippen LogP contribution < -0.4 is 15.4 Å². The molecular weight excluding hydrogens is 288 g/mol. The Labute approximate surface area is 138 Å². The molecular formula is C19H26N2O2. The van der Waals surface area contributed by atoms with Crippen molar-refractivity contribution in [3.8, 4) is 5.75 Å². The van der Waals surface area contributed by atoms with Gasteiger partial charge in [0.15, 0.2) is 0 Å². The minimum Gasteiger partial charge on any atom is -0.489 e. The quantitative estimate of drug-likeness (QED) is 0.589. The van der Waals surface area contributed by atoms with Crippen molar-refractivity contribution in [3.63, 3.8) is 0 Å². The Bertz CT molecular complexity index is 570. The third kappa shape index (κ3) is 6.40. The molecule has 3 N–H and O–H groups in total. The van der Waals surface area contributed by atoms with Gasteiger partial charge in [0.25, 0.3) is 0 Å². The van der Waals surface area contributed by atoms with E-state index in [4.69, 9.17) is 9.84 Å². The summed E-state index contributed by atoms with van der Waals surface area (Å²) >= 11 is 0. The predicted octanol–water partition coefficient (Wildman–Crippen LogP) is 2.25. The number of hydrogen-bond acceptors (Lipinski definition) is 4. The molecule has 0 atom stereocenters. The maximum atomic E-state index is 8.66. The van der Waals surface area contributed by atoms with Gasteiger partial charge in [-0.15, -0.1) is 0 Å².